The highest BCUT2D eigenvalue weighted by Gasteiger charge is 2.31. The second-order valence-corrected chi connectivity index (χ2v) is 9.56. The average molecular weight is 484 g/mol. The third-order valence-corrected chi connectivity index (χ3v) is 6.15. The number of hydrogen-bond donors (Lipinski definition) is 1. The Labute approximate surface area is 193 Å². The topological polar surface area (TPSA) is 86.8 Å². The summed E-state index contributed by atoms with van der Waals surface area (Å²) >= 11 is 6.01. The van der Waals surface area contributed by atoms with Crippen molar-refractivity contribution in [3.05, 3.63) is 64.9 Å². The number of likely N-dealkylation sites (N-methyl/N-ethyl adjacent to an activating group) is 1. The number of nitrogens with zero attached hydrogens (tertiary/aromatic N) is 2. The monoisotopic (exact) mass is 483 g/mol. The molecule has 0 aliphatic carbocycles. The SMILES string of the molecule is CCNC(=O)C(CC)N(Cc1ccc(F)cc1)C(=O)CN(c1cccc(Cl)c1)S(C)(=O)=O. The second kappa shape index (κ2) is 11.3. The highest BCUT2D eigenvalue weighted by atomic mass is 35.5. The molecule has 0 heterocycles. The van der Waals surface area contributed by atoms with Crippen molar-refractivity contribution in [2.75, 3.05) is 23.7 Å². The first-order valence-electron chi connectivity index (χ1n) is 10.1. The molecule has 0 fully saturated rings. The van der Waals surface area contributed by atoms with Crippen molar-refractivity contribution in [3.63, 3.8) is 0 Å². The summed E-state index contributed by atoms with van der Waals surface area (Å²) in [6, 6.07) is 10.9. The van der Waals surface area contributed by atoms with Crippen LogP contribution in [0.3, 0.4) is 0 Å². The number of benzene rings is 2. The van der Waals surface area contributed by atoms with Crippen molar-refractivity contribution in [1.29, 1.82) is 0 Å². The van der Waals surface area contributed by atoms with Gasteiger partial charge in [-0.2, -0.15) is 0 Å². The van der Waals surface area contributed by atoms with E-state index in [9.17, 15) is 22.4 Å². The molecule has 7 nitrogen and oxygen atoms in total. The van der Waals surface area contributed by atoms with E-state index in [0.717, 1.165) is 10.6 Å². The number of amides is 2. The van der Waals surface area contributed by atoms with E-state index in [2.05, 4.69) is 5.32 Å². The van der Waals surface area contributed by atoms with Crippen molar-refractivity contribution in [2.24, 2.45) is 0 Å². The first-order chi connectivity index (χ1) is 15.1. The van der Waals surface area contributed by atoms with Gasteiger partial charge in [-0.3, -0.25) is 13.9 Å². The van der Waals surface area contributed by atoms with Gasteiger partial charge in [0.1, 0.15) is 18.4 Å². The molecule has 0 saturated heterocycles. The second-order valence-electron chi connectivity index (χ2n) is 7.22. The molecule has 0 saturated carbocycles. The molecule has 1 atom stereocenters. The maximum Gasteiger partial charge on any atom is 0.244 e. The Morgan fingerprint density at radius 3 is 2.31 bits per heavy atom. The molecule has 2 amide bonds. The maximum atomic E-state index is 13.4. The molecule has 0 aromatic heterocycles. The fourth-order valence-corrected chi connectivity index (χ4v) is 4.27. The molecule has 0 radical (unpaired) electrons. The van der Waals surface area contributed by atoms with E-state index in [-0.39, 0.29) is 18.1 Å². The van der Waals surface area contributed by atoms with Gasteiger partial charge in [-0.1, -0.05) is 36.7 Å². The van der Waals surface area contributed by atoms with Gasteiger partial charge in [0.05, 0.1) is 11.9 Å². The highest BCUT2D eigenvalue weighted by molar-refractivity contribution is 7.92. The average Bonchev–Trinajstić information content (AvgIpc) is 2.72. The molecule has 0 spiro atoms. The van der Waals surface area contributed by atoms with E-state index in [1.54, 1.807) is 26.0 Å². The summed E-state index contributed by atoms with van der Waals surface area (Å²) in [5.41, 5.74) is 0.845. The number of sulfonamides is 1. The number of nitrogens with one attached hydrogen (secondary N) is 1. The minimum absolute atomic E-state index is 0.0158. The first kappa shape index (κ1) is 25.6. The van der Waals surface area contributed by atoms with Crippen molar-refractivity contribution in [1.82, 2.24) is 10.2 Å². The fourth-order valence-electron chi connectivity index (χ4n) is 3.24. The van der Waals surface area contributed by atoms with Crippen LogP contribution in [0.25, 0.3) is 0 Å². The zero-order valence-electron chi connectivity index (χ0n) is 18.2. The zero-order valence-corrected chi connectivity index (χ0v) is 19.8. The largest absolute Gasteiger partial charge is 0.355 e. The lowest BCUT2D eigenvalue weighted by Gasteiger charge is -2.32. The van der Waals surface area contributed by atoms with Gasteiger partial charge < -0.3 is 10.2 Å². The quantitative estimate of drug-likeness (QED) is 0.562. The van der Waals surface area contributed by atoms with Crippen LogP contribution < -0.4 is 9.62 Å². The van der Waals surface area contributed by atoms with Gasteiger partial charge >= 0.3 is 0 Å². The van der Waals surface area contributed by atoms with Crippen LogP contribution in [0.5, 0.6) is 0 Å². The molecule has 10 heteroatoms. The van der Waals surface area contributed by atoms with E-state index in [1.807, 2.05) is 0 Å². The Morgan fingerprint density at radius 2 is 1.78 bits per heavy atom. The molecule has 0 bridgehead atoms. The zero-order chi connectivity index (χ0) is 23.9. The summed E-state index contributed by atoms with van der Waals surface area (Å²) in [5.74, 6) is -1.34. The van der Waals surface area contributed by atoms with Crippen molar-refractivity contribution >= 4 is 39.1 Å². The maximum absolute atomic E-state index is 13.4. The Hall–Kier alpha value is -2.65. The predicted molar refractivity (Wildman–Crippen MR) is 123 cm³/mol. The van der Waals surface area contributed by atoms with E-state index < -0.39 is 34.3 Å². The number of rotatable bonds is 10. The van der Waals surface area contributed by atoms with Gasteiger partial charge in [0, 0.05) is 18.1 Å². The van der Waals surface area contributed by atoms with E-state index in [4.69, 9.17) is 11.6 Å². The molecule has 0 aliphatic heterocycles. The summed E-state index contributed by atoms with van der Waals surface area (Å²) in [6.07, 6.45) is 1.31. The van der Waals surface area contributed by atoms with Crippen LogP contribution in [-0.2, 0) is 26.2 Å². The third-order valence-electron chi connectivity index (χ3n) is 4.78. The minimum Gasteiger partial charge on any atom is -0.355 e. The Balaban J connectivity index is 2.42. The number of halogens is 2. The molecule has 174 valence electrons. The molecule has 32 heavy (non-hydrogen) atoms. The third kappa shape index (κ3) is 6.93. The first-order valence-corrected chi connectivity index (χ1v) is 12.3. The van der Waals surface area contributed by atoms with E-state index in [1.165, 1.54) is 41.3 Å². The molecular formula is C22H27ClFN3O4S. The van der Waals surface area contributed by atoms with Crippen molar-refractivity contribution < 1.29 is 22.4 Å². The van der Waals surface area contributed by atoms with Gasteiger partial charge in [0.2, 0.25) is 21.8 Å². The number of anilines is 1. The van der Waals surface area contributed by atoms with Crippen LogP contribution in [0.1, 0.15) is 25.8 Å². The van der Waals surface area contributed by atoms with Gasteiger partial charge in [0.25, 0.3) is 0 Å². The Kier molecular flexibility index (Phi) is 9.03. The van der Waals surface area contributed by atoms with Gasteiger partial charge in [0.15, 0.2) is 0 Å². The standard InChI is InChI=1S/C22H27ClFN3O4S/c1-4-20(22(29)25-5-2)26(14-16-9-11-18(24)12-10-16)21(28)15-27(32(3,30)31)19-8-6-7-17(23)13-19/h6-13,20H,4-5,14-15H2,1-3H3,(H,25,29). The van der Waals surface area contributed by atoms with Crippen LogP contribution in [0.4, 0.5) is 10.1 Å². The number of carbonyl (C=O) groups excluding carboxylic acids is 2. The summed E-state index contributed by atoms with van der Waals surface area (Å²) in [4.78, 5) is 27.3. The predicted octanol–water partition coefficient (Wildman–Crippen LogP) is 3.19. The van der Waals surface area contributed by atoms with Crippen LogP contribution in [0.15, 0.2) is 48.5 Å². The molecule has 0 aliphatic rings. The van der Waals surface area contributed by atoms with Crippen molar-refractivity contribution in [3.8, 4) is 0 Å². The number of carbonyl (C=O) groups is 2. The van der Waals surface area contributed by atoms with Crippen LogP contribution in [-0.4, -0.2) is 50.5 Å². The minimum atomic E-state index is -3.83. The Morgan fingerprint density at radius 1 is 1.12 bits per heavy atom. The summed E-state index contributed by atoms with van der Waals surface area (Å²) in [6.45, 7) is 3.40. The normalized spacial score (nSPS) is 12.2. The molecule has 1 N–H and O–H groups in total. The van der Waals surface area contributed by atoms with Gasteiger partial charge in [-0.05, 0) is 49.2 Å². The summed E-state index contributed by atoms with van der Waals surface area (Å²) in [7, 11) is -3.83. The lowest BCUT2D eigenvalue weighted by atomic mass is 10.1. The summed E-state index contributed by atoms with van der Waals surface area (Å²) < 4.78 is 39.2. The van der Waals surface area contributed by atoms with E-state index in [0.29, 0.717) is 23.6 Å². The lowest BCUT2D eigenvalue weighted by molar-refractivity contribution is -0.140. The molecular weight excluding hydrogens is 457 g/mol. The molecule has 2 aromatic carbocycles. The lowest BCUT2D eigenvalue weighted by Crippen LogP contribution is -2.52. The van der Waals surface area contributed by atoms with Crippen LogP contribution in [0, 0.1) is 5.82 Å². The molecule has 2 rings (SSSR count). The van der Waals surface area contributed by atoms with Gasteiger partial charge in [-0.15, -0.1) is 0 Å². The van der Waals surface area contributed by atoms with E-state index >= 15 is 0 Å². The smallest absolute Gasteiger partial charge is 0.244 e. The molecule has 1 unspecified atom stereocenters. The van der Waals surface area contributed by atoms with Crippen LogP contribution in [0.2, 0.25) is 5.02 Å². The summed E-state index contributed by atoms with van der Waals surface area (Å²) in [5, 5.41) is 3.03. The highest BCUT2D eigenvalue weighted by Crippen LogP contribution is 2.23. The number of hydrogen-bond acceptors (Lipinski definition) is 4. The fraction of sp³-hybridized carbons (Fsp3) is 0.364. The Bertz CT molecular complexity index is 1050. The molecule has 2 aromatic rings. The van der Waals surface area contributed by atoms with Crippen LogP contribution >= 0.6 is 11.6 Å². The van der Waals surface area contributed by atoms with Gasteiger partial charge in [-0.25, -0.2) is 12.8 Å². The van der Waals surface area contributed by atoms with Crippen molar-refractivity contribution in [2.45, 2.75) is 32.9 Å².